The fraction of sp³-hybridized carbons (Fsp3) is 0.261. The Hall–Kier alpha value is -3.41. The van der Waals surface area contributed by atoms with Crippen molar-refractivity contribution in [1.82, 2.24) is 4.90 Å². The van der Waals surface area contributed by atoms with Crippen molar-refractivity contribution >= 4 is 35.2 Å². The molecule has 1 N–H and O–H groups in total. The van der Waals surface area contributed by atoms with Crippen molar-refractivity contribution in [2.75, 3.05) is 16.8 Å². The van der Waals surface area contributed by atoms with Crippen LogP contribution < -0.4 is 10.2 Å². The molecule has 1 fully saturated rings. The maximum absolute atomic E-state index is 12.9. The number of hydrogen-bond donors (Lipinski definition) is 1. The Labute approximate surface area is 169 Å². The van der Waals surface area contributed by atoms with E-state index in [0.717, 1.165) is 23.2 Å². The lowest BCUT2D eigenvalue weighted by atomic mass is 9.93. The summed E-state index contributed by atoms with van der Waals surface area (Å²) in [6, 6.07) is 14.7. The van der Waals surface area contributed by atoms with Crippen molar-refractivity contribution in [1.29, 1.82) is 0 Å². The molecule has 6 heteroatoms. The minimum atomic E-state index is -0.366. The highest BCUT2D eigenvalue weighted by molar-refractivity contribution is 6.02. The van der Waals surface area contributed by atoms with Gasteiger partial charge in [0.25, 0.3) is 0 Å². The van der Waals surface area contributed by atoms with E-state index in [0.29, 0.717) is 18.7 Å². The molecular formula is C23H23N3O3. The minimum Gasteiger partial charge on any atom is -0.324 e. The number of rotatable bonds is 4. The highest BCUT2D eigenvalue weighted by Gasteiger charge is 2.29. The SMILES string of the molecule is CC(=O)N1C=Cc2ccccc2C1CC(=O)Nc1ccccc1N1CCCC1=O. The number of carbonyl (C=O) groups excluding carboxylic acids is 3. The Balaban J connectivity index is 1.56. The van der Waals surface area contributed by atoms with E-state index in [4.69, 9.17) is 0 Å². The monoisotopic (exact) mass is 389 g/mol. The molecule has 2 aromatic rings. The zero-order valence-electron chi connectivity index (χ0n) is 16.3. The van der Waals surface area contributed by atoms with Gasteiger partial charge in [-0.05, 0) is 35.8 Å². The molecule has 29 heavy (non-hydrogen) atoms. The third-order valence-electron chi connectivity index (χ3n) is 5.39. The van der Waals surface area contributed by atoms with E-state index in [2.05, 4.69) is 5.32 Å². The van der Waals surface area contributed by atoms with Gasteiger partial charge in [0.05, 0.1) is 23.8 Å². The van der Waals surface area contributed by atoms with E-state index in [9.17, 15) is 14.4 Å². The molecule has 2 aromatic carbocycles. The third kappa shape index (κ3) is 3.78. The van der Waals surface area contributed by atoms with Crippen LogP contribution in [0, 0.1) is 0 Å². The molecule has 2 heterocycles. The average molecular weight is 389 g/mol. The lowest BCUT2D eigenvalue weighted by Gasteiger charge is -2.32. The summed E-state index contributed by atoms with van der Waals surface area (Å²) in [5, 5.41) is 2.95. The number of anilines is 2. The van der Waals surface area contributed by atoms with Gasteiger partial charge in [0, 0.05) is 26.1 Å². The van der Waals surface area contributed by atoms with E-state index in [-0.39, 0.29) is 30.2 Å². The first-order valence-electron chi connectivity index (χ1n) is 9.80. The van der Waals surface area contributed by atoms with Gasteiger partial charge in [0.15, 0.2) is 0 Å². The zero-order valence-corrected chi connectivity index (χ0v) is 16.3. The number of para-hydroxylation sites is 2. The smallest absolute Gasteiger partial charge is 0.227 e. The largest absolute Gasteiger partial charge is 0.324 e. The average Bonchev–Trinajstić information content (AvgIpc) is 3.14. The first kappa shape index (κ1) is 18.9. The van der Waals surface area contributed by atoms with Gasteiger partial charge in [-0.3, -0.25) is 14.4 Å². The summed E-state index contributed by atoms with van der Waals surface area (Å²) in [4.78, 5) is 40.5. The number of nitrogens with zero attached hydrogens (tertiary/aromatic N) is 2. The molecule has 0 saturated carbocycles. The van der Waals surface area contributed by atoms with Gasteiger partial charge in [-0.2, -0.15) is 0 Å². The summed E-state index contributed by atoms with van der Waals surface area (Å²) in [5.41, 5.74) is 3.28. The number of nitrogens with one attached hydrogen (secondary N) is 1. The van der Waals surface area contributed by atoms with Crippen LogP contribution in [0.3, 0.4) is 0 Å². The topological polar surface area (TPSA) is 69.7 Å². The first-order chi connectivity index (χ1) is 14.0. The second-order valence-electron chi connectivity index (χ2n) is 7.31. The molecule has 4 rings (SSSR count). The first-order valence-corrected chi connectivity index (χ1v) is 9.80. The van der Waals surface area contributed by atoms with Crippen molar-refractivity contribution in [2.45, 2.75) is 32.2 Å². The van der Waals surface area contributed by atoms with Gasteiger partial charge in [-0.15, -0.1) is 0 Å². The molecular weight excluding hydrogens is 366 g/mol. The Kier molecular flexibility index (Phi) is 5.16. The van der Waals surface area contributed by atoms with Crippen LogP contribution in [-0.4, -0.2) is 29.2 Å². The zero-order chi connectivity index (χ0) is 20.4. The van der Waals surface area contributed by atoms with Gasteiger partial charge in [-0.25, -0.2) is 0 Å². The number of carbonyl (C=O) groups is 3. The van der Waals surface area contributed by atoms with Crippen molar-refractivity contribution in [3.8, 4) is 0 Å². The molecule has 148 valence electrons. The van der Waals surface area contributed by atoms with Gasteiger partial charge < -0.3 is 15.1 Å². The number of benzene rings is 2. The maximum Gasteiger partial charge on any atom is 0.227 e. The van der Waals surface area contributed by atoms with Gasteiger partial charge >= 0.3 is 0 Å². The molecule has 0 radical (unpaired) electrons. The summed E-state index contributed by atoms with van der Waals surface area (Å²) < 4.78 is 0. The highest BCUT2D eigenvalue weighted by Crippen LogP contribution is 2.34. The molecule has 3 amide bonds. The molecule has 0 bridgehead atoms. The maximum atomic E-state index is 12.9. The summed E-state index contributed by atoms with van der Waals surface area (Å²) in [5.74, 6) is -0.247. The van der Waals surface area contributed by atoms with Crippen LogP contribution >= 0.6 is 0 Å². The lowest BCUT2D eigenvalue weighted by Crippen LogP contribution is -2.33. The summed E-state index contributed by atoms with van der Waals surface area (Å²) in [6.07, 6.45) is 5.10. The molecule has 0 spiro atoms. The minimum absolute atomic E-state index is 0.0702. The molecule has 1 atom stereocenters. The molecule has 0 aromatic heterocycles. The second kappa shape index (κ2) is 7.91. The fourth-order valence-corrected chi connectivity index (χ4v) is 4.01. The van der Waals surface area contributed by atoms with E-state index < -0.39 is 0 Å². The Morgan fingerprint density at radius 3 is 2.62 bits per heavy atom. The van der Waals surface area contributed by atoms with Crippen LogP contribution in [0.1, 0.15) is 43.4 Å². The van der Waals surface area contributed by atoms with Gasteiger partial charge in [0.2, 0.25) is 17.7 Å². The summed E-state index contributed by atoms with van der Waals surface area (Å²) in [6.45, 7) is 2.15. The number of fused-ring (bicyclic) bond motifs is 1. The Bertz CT molecular complexity index is 998. The van der Waals surface area contributed by atoms with Crippen LogP contribution in [0.15, 0.2) is 54.7 Å². The van der Waals surface area contributed by atoms with Crippen molar-refractivity contribution in [2.24, 2.45) is 0 Å². The highest BCUT2D eigenvalue weighted by atomic mass is 16.2. The number of amides is 3. The van der Waals surface area contributed by atoms with Gasteiger partial charge in [0.1, 0.15) is 0 Å². The van der Waals surface area contributed by atoms with E-state index >= 15 is 0 Å². The molecule has 1 unspecified atom stereocenters. The van der Waals surface area contributed by atoms with Gasteiger partial charge in [-0.1, -0.05) is 36.4 Å². The lowest BCUT2D eigenvalue weighted by molar-refractivity contribution is -0.129. The predicted molar refractivity (Wildman–Crippen MR) is 112 cm³/mol. The fourth-order valence-electron chi connectivity index (χ4n) is 4.01. The molecule has 1 saturated heterocycles. The van der Waals surface area contributed by atoms with Crippen molar-refractivity contribution in [3.05, 3.63) is 65.9 Å². The standard InChI is InChI=1S/C23H23N3O3/c1-16(27)25-14-12-17-7-2-3-8-18(17)21(25)15-22(28)24-19-9-4-5-10-20(19)26-13-6-11-23(26)29/h2-5,7-10,12,14,21H,6,11,13,15H2,1H3,(H,24,28). The molecule has 6 nitrogen and oxygen atoms in total. The van der Waals surface area contributed by atoms with E-state index in [1.54, 1.807) is 22.1 Å². The quantitative estimate of drug-likeness (QED) is 0.867. The third-order valence-corrected chi connectivity index (χ3v) is 5.39. The summed E-state index contributed by atoms with van der Waals surface area (Å²) in [7, 11) is 0. The second-order valence-corrected chi connectivity index (χ2v) is 7.31. The molecule has 2 aliphatic heterocycles. The van der Waals surface area contributed by atoms with E-state index in [1.807, 2.05) is 48.5 Å². The van der Waals surface area contributed by atoms with Crippen LogP contribution in [-0.2, 0) is 14.4 Å². The molecule has 0 aliphatic carbocycles. The summed E-state index contributed by atoms with van der Waals surface area (Å²) >= 11 is 0. The van der Waals surface area contributed by atoms with Crippen LogP contribution in [0.4, 0.5) is 11.4 Å². The predicted octanol–water partition coefficient (Wildman–Crippen LogP) is 3.72. The normalized spacial score (nSPS) is 18.0. The van der Waals surface area contributed by atoms with Crippen LogP contribution in [0.25, 0.3) is 6.08 Å². The van der Waals surface area contributed by atoms with E-state index in [1.165, 1.54) is 6.92 Å². The van der Waals surface area contributed by atoms with Crippen molar-refractivity contribution in [3.63, 3.8) is 0 Å². The van der Waals surface area contributed by atoms with Crippen LogP contribution in [0.5, 0.6) is 0 Å². The Morgan fingerprint density at radius 2 is 1.86 bits per heavy atom. The number of hydrogen-bond acceptors (Lipinski definition) is 3. The molecule has 2 aliphatic rings. The van der Waals surface area contributed by atoms with Crippen molar-refractivity contribution < 1.29 is 14.4 Å². The Morgan fingerprint density at radius 1 is 1.10 bits per heavy atom. The van der Waals surface area contributed by atoms with Crippen LogP contribution in [0.2, 0.25) is 0 Å².